The van der Waals surface area contributed by atoms with Gasteiger partial charge < -0.3 is 20.1 Å². The van der Waals surface area contributed by atoms with Crippen LogP contribution in [0.5, 0.6) is 0 Å². The first-order valence-corrected chi connectivity index (χ1v) is 4.28. The lowest BCUT2D eigenvalue weighted by molar-refractivity contribution is -0.180. The predicted octanol–water partition coefficient (Wildman–Crippen LogP) is -0.833. The second-order valence-electron chi connectivity index (χ2n) is 3.24. The van der Waals surface area contributed by atoms with E-state index in [1.54, 1.807) is 6.92 Å². The second-order valence-corrected chi connectivity index (χ2v) is 3.24. The molecule has 5 atom stereocenters. The Morgan fingerprint density at radius 3 is 2.57 bits per heavy atom. The van der Waals surface area contributed by atoms with Gasteiger partial charge in [0.25, 0.3) is 0 Å². The normalized spacial score (nSPS) is 43.0. The van der Waals surface area contributed by atoms with Crippen molar-refractivity contribution >= 4 is 0 Å². The van der Waals surface area contributed by atoms with E-state index in [-0.39, 0.29) is 6.61 Å². The van der Waals surface area contributed by atoms with Crippen LogP contribution in [0.1, 0.15) is 6.92 Å². The summed E-state index contributed by atoms with van der Waals surface area (Å²) < 4.78 is 5.16. The van der Waals surface area contributed by atoms with Crippen molar-refractivity contribution in [2.75, 3.05) is 6.61 Å². The summed E-state index contributed by atoms with van der Waals surface area (Å²) in [5.74, 6) is 0. The summed E-state index contributed by atoms with van der Waals surface area (Å²) in [5, 5.41) is 31.1. The van der Waals surface area contributed by atoms with Crippen LogP contribution in [0.3, 0.4) is 0 Å². The minimum Gasteiger partial charge on any atom is -0.394 e. The molecule has 2 unspecified atom stereocenters. The molecule has 1 aliphatic heterocycles. The number of hydrogen-bond acceptors (Lipinski definition) is 5. The maximum Gasteiger partial charge on any atom is 0.106 e. The van der Waals surface area contributed by atoms with Gasteiger partial charge in [-0.25, -0.2) is 0 Å². The van der Waals surface area contributed by atoms with E-state index < -0.39 is 30.5 Å². The third kappa shape index (κ3) is 1.97. The minimum atomic E-state index is -1.20. The number of aliphatic hydroxyl groups is 3. The zero-order chi connectivity index (χ0) is 10.7. The zero-order valence-electron chi connectivity index (χ0n) is 7.69. The maximum absolute atomic E-state index is 9.53. The first kappa shape index (κ1) is 11.2. The molecule has 1 saturated heterocycles. The average Bonchev–Trinajstić information content (AvgIpc) is 2.19. The highest BCUT2D eigenvalue weighted by molar-refractivity contribution is 4.95. The first-order chi connectivity index (χ1) is 6.61. The Morgan fingerprint density at radius 1 is 1.43 bits per heavy atom. The lowest BCUT2D eigenvalue weighted by Crippen LogP contribution is -2.56. The minimum absolute atomic E-state index is 0.363. The molecule has 1 rings (SSSR count). The second kappa shape index (κ2) is 4.59. The maximum atomic E-state index is 9.53. The van der Waals surface area contributed by atoms with Crippen LogP contribution in [0.4, 0.5) is 0 Å². The summed E-state index contributed by atoms with van der Waals surface area (Å²) in [5.41, 5.74) is 8.23. The molecule has 0 aromatic heterocycles. The predicted molar refractivity (Wildman–Crippen MR) is 46.4 cm³/mol. The van der Waals surface area contributed by atoms with E-state index in [1.165, 1.54) is 0 Å². The number of hydrogen-bond donors (Lipinski definition) is 3. The topological polar surface area (TPSA) is 119 Å². The molecule has 1 aliphatic rings. The van der Waals surface area contributed by atoms with Crippen LogP contribution in [0, 0.1) is 0 Å². The van der Waals surface area contributed by atoms with E-state index in [4.69, 9.17) is 15.4 Å². The van der Waals surface area contributed by atoms with E-state index in [0.29, 0.717) is 0 Å². The number of azide groups is 1. The Hall–Kier alpha value is -0.850. The fourth-order valence-electron chi connectivity index (χ4n) is 1.49. The molecule has 7 heteroatoms. The Morgan fingerprint density at radius 2 is 2.07 bits per heavy atom. The Kier molecular flexibility index (Phi) is 3.68. The Balaban J connectivity index is 2.82. The fourth-order valence-corrected chi connectivity index (χ4v) is 1.49. The molecule has 1 heterocycles. The van der Waals surface area contributed by atoms with Crippen LogP contribution >= 0.6 is 0 Å². The Labute approximate surface area is 80.6 Å². The molecule has 0 aromatic rings. The van der Waals surface area contributed by atoms with Crippen LogP contribution in [0.25, 0.3) is 10.4 Å². The number of aliphatic hydroxyl groups excluding tert-OH is 3. The van der Waals surface area contributed by atoms with Crippen LogP contribution < -0.4 is 0 Å². The van der Waals surface area contributed by atoms with Crippen molar-refractivity contribution in [2.45, 2.75) is 37.4 Å². The zero-order valence-corrected chi connectivity index (χ0v) is 7.69. The van der Waals surface area contributed by atoms with Gasteiger partial charge in [0.15, 0.2) is 0 Å². The number of rotatable bonds is 2. The van der Waals surface area contributed by atoms with E-state index in [1.807, 2.05) is 0 Å². The highest BCUT2D eigenvalue weighted by Gasteiger charge is 2.41. The fraction of sp³-hybridized carbons (Fsp3) is 1.00. The lowest BCUT2D eigenvalue weighted by Gasteiger charge is -2.39. The molecular formula is C7H13N3O4. The van der Waals surface area contributed by atoms with Crippen molar-refractivity contribution in [3.8, 4) is 0 Å². The van der Waals surface area contributed by atoms with Crippen LogP contribution in [0.2, 0.25) is 0 Å². The van der Waals surface area contributed by atoms with Crippen LogP contribution in [0.15, 0.2) is 5.11 Å². The van der Waals surface area contributed by atoms with Crippen LogP contribution in [-0.2, 0) is 4.74 Å². The largest absolute Gasteiger partial charge is 0.394 e. The third-order valence-corrected chi connectivity index (χ3v) is 2.32. The summed E-state index contributed by atoms with van der Waals surface area (Å²) in [6.07, 6.45) is -3.66. The highest BCUT2D eigenvalue weighted by Crippen LogP contribution is 2.23. The molecule has 0 saturated carbocycles. The molecule has 0 radical (unpaired) electrons. The summed E-state index contributed by atoms with van der Waals surface area (Å²) in [6.45, 7) is 1.21. The van der Waals surface area contributed by atoms with Crippen molar-refractivity contribution < 1.29 is 20.1 Å². The highest BCUT2D eigenvalue weighted by atomic mass is 16.5. The number of ether oxygens (including phenoxy) is 1. The van der Waals surface area contributed by atoms with E-state index >= 15 is 0 Å². The monoisotopic (exact) mass is 203 g/mol. The molecule has 80 valence electrons. The average molecular weight is 203 g/mol. The van der Waals surface area contributed by atoms with Gasteiger partial charge in [0.1, 0.15) is 6.10 Å². The van der Waals surface area contributed by atoms with E-state index in [9.17, 15) is 10.2 Å². The third-order valence-electron chi connectivity index (χ3n) is 2.32. The molecule has 0 aromatic carbocycles. The van der Waals surface area contributed by atoms with Gasteiger partial charge in [0, 0.05) is 4.91 Å². The molecular weight excluding hydrogens is 190 g/mol. The summed E-state index contributed by atoms with van der Waals surface area (Å²) >= 11 is 0. The molecule has 3 N–H and O–H groups in total. The quantitative estimate of drug-likeness (QED) is 0.308. The van der Waals surface area contributed by atoms with E-state index in [0.717, 1.165) is 0 Å². The van der Waals surface area contributed by atoms with Crippen molar-refractivity contribution in [3.63, 3.8) is 0 Å². The van der Waals surface area contributed by atoms with E-state index in [2.05, 4.69) is 10.0 Å². The van der Waals surface area contributed by atoms with Crippen molar-refractivity contribution in [3.05, 3.63) is 10.4 Å². The van der Waals surface area contributed by atoms with Gasteiger partial charge in [0.2, 0.25) is 0 Å². The van der Waals surface area contributed by atoms with Gasteiger partial charge in [-0.1, -0.05) is 5.11 Å². The first-order valence-electron chi connectivity index (χ1n) is 4.28. The molecule has 0 aliphatic carbocycles. The van der Waals surface area contributed by atoms with Gasteiger partial charge in [0.05, 0.1) is 31.0 Å². The van der Waals surface area contributed by atoms with Crippen LogP contribution in [-0.4, -0.2) is 52.4 Å². The standard InChI is InChI=1S/C7H13N3O4/c1-3-6(12)7(13)5(9-10-8)4(2-11)14-3/h3-7,11-13H,2H2,1H3/t3-,4?,5+,6?,7-/m0/s1. The van der Waals surface area contributed by atoms with Crippen molar-refractivity contribution in [1.29, 1.82) is 0 Å². The van der Waals surface area contributed by atoms with Crippen molar-refractivity contribution in [2.24, 2.45) is 5.11 Å². The molecule has 7 nitrogen and oxygen atoms in total. The smallest absolute Gasteiger partial charge is 0.106 e. The lowest BCUT2D eigenvalue weighted by atomic mass is 9.94. The summed E-state index contributed by atoms with van der Waals surface area (Å²) in [4.78, 5) is 2.53. The van der Waals surface area contributed by atoms with Gasteiger partial charge >= 0.3 is 0 Å². The summed E-state index contributed by atoms with van der Waals surface area (Å²) in [6, 6.07) is -0.948. The Bertz CT molecular complexity index is 241. The van der Waals surface area contributed by atoms with Gasteiger partial charge in [-0.15, -0.1) is 0 Å². The molecule has 1 fully saturated rings. The molecule has 0 bridgehead atoms. The van der Waals surface area contributed by atoms with Gasteiger partial charge in [-0.05, 0) is 12.5 Å². The van der Waals surface area contributed by atoms with Gasteiger partial charge in [-0.2, -0.15) is 0 Å². The SMILES string of the molecule is C[C@@H]1OC(CO)[C@@H](N=[N+]=[N-])[C@H](O)C1O. The number of nitrogens with zero attached hydrogens (tertiary/aromatic N) is 3. The molecule has 0 spiro atoms. The van der Waals surface area contributed by atoms with Crippen molar-refractivity contribution in [1.82, 2.24) is 0 Å². The molecule has 0 amide bonds. The summed E-state index contributed by atoms with van der Waals surface area (Å²) in [7, 11) is 0. The van der Waals surface area contributed by atoms with Gasteiger partial charge in [-0.3, -0.25) is 0 Å². The molecule has 14 heavy (non-hydrogen) atoms.